The first kappa shape index (κ1) is 12.9. The first-order chi connectivity index (χ1) is 7.15. The largest absolute Gasteiger partial charge is 0.383 e. The maximum Gasteiger partial charge on any atom is 0.236 e. The predicted molar refractivity (Wildman–Crippen MR) is 63.3 cm³/mol. The summed E-state index contributed by atoms with van der Waals surface area (Å²) in [6, 6.07) is 0. The van der Waals surface area contributed by atoms with E-state index in [9.17, 15) is 4.79 Å². The Kier molecular flexibility index (Phi) is 5.56. The molecular formula is C10H19BrN2O2. The van der Waals surface area contributed by atoms with E-state index in [0.717, 1.165) is 39.2 Å². The average Bonchev–Trinajstić information content (AvgIpc) is 2.54. The quantitative estimate of drug-likeness (QED) is 0.666. The third-order valence-corrected chi connectivity index (χ3v) is 3.51. The summed E-state index contributed by atoms with van der Waals surface area (Å²) in [6.45, 7) is 4.27. The molecule has 0 saturated carbocycles. The van der Waals surface area contributed by atoms with Gasteiger partial charge in [0.1, 0.15) is 0 Å². The number of nitrogens with zero attached hydrogens (tertiary/aromatic N) is 2. The molecule has 15 heavy (non-hydrogen) atoms. The molecule has 0 bridgehead atoms. The van der Waals surface area contributed by atoms with Crippen molar-refractivity contribution in [2.75, 3.05) is 46.9 Å². The summed E-state index contributed by atoms with van der Waals surface area (Å²) in [7, 11) is 3.75. The zero-order valence-corrected chi connectivity index (χ0v) is 11.0. The molecule has 0 aromatic heterocycles. The van der Waals surface area contributed by atoms with Crippen LogP contribution in [0.25, 0.3) is 0 Å². The molecule has 1 rings (SSSR count). The molecule has 4 nitrogen and oxygen atoms in total. The average molecular weight is 279 g/mol. The molecule has 1 amide bonds. The van der Waals surface area contributed by atoms with Gasteiger partial charge in [-0.1, -0.05) is 15.9 Å². The number of ether oxygens (including phenoxy) is 1. The summed E-state index contributed by atoms with van der Waals surface area (Å²) >= 11 is 3.37. The molecule has 1 aliphatic heterocycles. The number of hydrogen-bond donors (Lipinski definition) is 0. The third-order valence-electron chi connectivity index (χ3n) is 2.66. The van der Waals surface area contributed by atoms with Crippen molar-refractivity contribution in [3.8, 4) is 0 Å². The van der Waals surface area contributed by atoms with E-state index >= 15 is 0 Å². The number of likely N-dealkylation sites (tertiary alicyclic amines) is 1. The van der Waals surface area contributed by atoms with Crippen LogP contribution in [0, 0.1) is 0 Å². The molecule has 1 saturated heterocycles. The van der Waals surface area contributed by atoms with Gasteiger partial charge in [-0.25, -0.2) is 0 Å². The van der Waals surface area contributed by atoms with Gasteiger partial charge in [-0.05, 0) is 13.5 Å². The molecule has 0 N–H and O–H groups in total. The number of amides is 1. The van der Waals surface area contributed by atoms with Crippen molar-refractivity contribution in [1.29, 1.82) is 0 Å². The molecule has 0 aromatic carbocycles. The fourth-order valence-electron chi connectivity index (χ4n) is 1.57. The Balaban J connectivity index is 2.17. The molecule has 0 aliphatic carbocycles. The highest BCUT2D eigenvalue weighted by molar-refractivity contribution is 9.10. The molecular weight excluding hydrogens is 260 g/mol. The summed E-state index contributed by atoms with van der Waals surface area (Å²) < 4.78 is 4.99. The van der Waals surface area contributed by atoms with Crippen molar-refractivity contribution in [3.05, 3.63) is 0 Å². The maximum atomic E-state index is 11.6. The minimum atomic E-state index is 0.0433. The van der Waals surface area contributed by atoms with Gasteiger partial charge in [0.15, 0.2) is 0 Å². The third kappa shape index (κ3) is 4.09. The van der Waals surface area contributed by atoms with Crippen molar-refractivity contribution in [2.45, 2.75) is 11.2 Å². The molecule has 1 atom stereocenters. The smallest absolute Gasteiger partial charge is 0.236 e. The first-order valence-electron chi connectivity index (χ1n) is 5.25. The van der Waals surface area contributed by atoms with Gasteiger partial charge >= 0.3 is 0 Å². The lowest BCUT2D eigenvalue weighted by molar-refractivity contribution is -0.127. The Labute approximate surface area is 99.7 Å². The lowest BCUT2D eigenvalue weighted by Gasteiger charge is -2.21. The number of halogens is 1. The van der Waals surface area contributed by atoms with Crippen LogP contribution >= 0.6 is 15.9 Å². The minimum absolute atomic E-state index is 0.0433. The molecule has 0 spiro atoms. The van der Waals surface area contributed by atoms with Crippen LogP contribution in [0.5, 0.6) is 0 Å². The minimum Gasteiger partial charge on any atom is -0.383 e. The van der Waals surface area contributed by atoms with Crippen LogP contribution in [-0.4, -0.2) is 67.5 Å². The van der Waals surface area contributed by atoms with Gasteiger partial charge < -0.3 is 14.5 Å². The maximum absolute atomic E-state index is 11.6. The number of carbonyl (C=O) groups is 1. The lowest BCUT2D eigenvalue weighted by Crippen LogP contribution is -2.36. The van der Waals surface area contributed by atoms with E-state index in [4.69, 9.17) is 4.74 Å². The topological polar surface area (TPSA) is 32.8 Å². The molecule has 0 radical (unpaired) electrons. The molecule has 88 valence electrons. The Hall–Kier alpha value is -0.130. The number of likely N-dealkylation sites (N-methyl/N-ethyl adjacent to an activating group) is 1. The van der Waals surface area contributed by atoms with Crippen molar-refractivity contribution < 1.29 is 9.53 Å². The second-order valence-corrected chi connectivity index (χ2v) is 4.98. The second kappa shape index (κ2) is 6.45. The monoisotopic (exact) mass is 278 g/mol. The summed E-state index contributed by atoms with van der Waals surface area (Å²) in [4.78, 5) is 15.7. The highest BCUT2D eigenvalue weighted by Crippen LogP contribution is 2.17. The normalized spacial score (nSPS) is 21.7. The number of carbonyl (C=O) groups excluding carboxylic acids is 1. The van der Waals surface area contributed by atoms with Crippen molar-refractivity contribution in [3.63, 3.8) is 0 Å². The number of alkyl halides is 1. The van der Waals surface area contributed by atoms with E-state index in [1.165, 1.54) is 0 Å². The van der Waals surface area contributed by atoms with E-state index in [1.54, 1.807) is 7.11 Å². The predicted octanol–water partition coefficient (Wildman–Crippen LogP) is 0.560. The zero-order chi connectivity index (χ0) is 11.3. The van der Waals surface area contributed by atoms with Crippen molar-refractivity contribution in [1.82, 2.24) is 9.80 Å². The SMILES string of the molecule is COCCN(C)CCN1CCC(Br)C1=O. The lowest BCUT2D eigenvalue weighted by atomic mass is 10.4. The van der Waals surface area contributed by atoms with Gasteiger partial charge in [0.2, 0.25) is 5.91 Å². The van der Waals surface area contributed by atoms with Crippen LogP contribution in [0.1, 0.15) is 6.42 Å². The van der Waals surface area contributed by atoms with Crippen LogP contribution in [-0.2, 0) is 9.53 Å². The first-order valence-corrected chi connectivity index (χ1v) is 6.17. The van der Waals surface area contributed by atoms with E-state index in [0.29, 0.717) is 0 Å². The van der Waals surface area contributed by atoms with E-state index < -0.39 is 0 Å². The van der Waals surface area contributed by atoms with Gasteiger partial charge in [0.05, 0.1) is 11.4 Å². The van der Waals surface area contributed by atoms with Gasteiger partial charge in [0.25, 0.3) is 0 Å². The molecule has 5 heteroatoms. The van der Waals surface area contributed by atoms with Gasteiger partial charge in [-0.2, -0.15) is 0 Å². The van der Waals surface area contributed by atoms with Gasteiger partial charge in [-0.15, -0.1) is 0 Å². The second-order valence-electron chi connectivity index (χ2n) is 3.88. The van der Waals surface area contributed by atoms with Crippen LogP contribution in [0.15, 0.2) is 0 Å². The fourth-order valence-corrected chi connectivity index (χ4v) is 2.07. The molecule has 1 aliphatic rings. The summed E-state index contributed by atoms with van der Waals surface area (Å²) in [5, 5.41) is 0. The van der Waals surface area contributed by atoms with E-state index in [2.05, 4.69) is 20.8 Å². The summed E-state index contributed by atoms with van der Waals surface area (Å²) in [5.74, 6) is 0.232. The van der Waals surface area contributed by atoms with Crippen LogP contribution < -0.4 is 0 Å². The molecule has 1 heterocycles. The van der Waals surface area contributed by atoms with Crippen molar-refractivity contribution >= 4 is 21.8 Å². The standard InChI is InChI=1S/C10H19BrN2O2/c1-12(7-8-15-2)5-6-13-4-3-9(11)10(13)14/h9H,3-8H2,1-2H3. The van der Waals surface area contributed by atoms with Gasteiger partial charge in [-0.3, -0.25) is 4.79 Å². The number of hydrogen-bond acceptors (Lipinski definition) is 3. The summed E-state index contributed by atoms with van der Waals surface area (Å²) in [5.41, 5.74) is 0. The number of rotatable bonds is 6. The Morgan fingerprint density at radius 2 is 2.33 bits per heavy atom. The van der Waals surface area contributed by atoms with Crippen molar-refractivity contribution in [2.24, 2.45) is 0 Å². The zero-order valence-electron chi connectivity index (χ0n) is 9.41. The van der Waals surface area contributed by atoms with E-state index in [-0.39, 0.29) is 10.7 Å². The van der Waals surface area contributed by atoms with Crippen LogP contribution in [0.2, 0.25) is 0 Å². The Morgan fingerprint density at radius 3 is 2.87 bits per heavy atom. The van der Waals surface area contributed by atoms with Crippen LogP contribution in [0.4, 0.5) is 0 Å². The molecule has 1 fully saturated rings. The molecule has 0 aromatic rings. The highest BCUT2D eigenvalue weighted by Gasteiger charge is 2.28. The van der Waals surface area contributed by atoms with Crippen LogP contribution in [0.3, 0.4) is 0 Å². The molecule has 1 unspecified atom stereocenters. The Bertz CT molecular complexity index is 214. The fraction of sp³-hybridized carbons (Fsp3) is 0.900. The van der Waals surface area contributed by atoms with Gasteiger partial charge in [0, 0.05) is 33.3 Å². The summed E-state index contributed by atoms with van der Waals surface area (Å²) in [6.07, 6.45) is 0.931. The Morgan fingerprint density at radius 1 is 1.60 bits per heavy atom. The number of methoxy groups -OCH3 is 1. The highest BCUT2D eigenvalue weighted by atomic mass is 79.9. The van der Waals surface area contributed by atoms with E-state index in [1.807, 2.05) is 11.9 Å².